The molecule has 2 aromatic rings. The number of amides is 2. The average molecular weight is 398 g/mol. The fourth-order valence-electron chi connectivity index (χ4n) is 3.67. The molecule has 0 radical (unpaired) electrons. The van der Waals surface area contributed by atoms with Gasteiger partial charge in [-0.15, -0.1) is 0 Å². The number of aromatic nitrogens is 2. The minimum atomic E-state index is -0.647. The summed E-state index contributed by atoms with van der Waals surface area (Å²) in [4.78, 5) is 32.6. The standard InChI is InChI=1S/C22H31N5O2/c1-22(2,3)18(21(29)23-4)25-20(28)17-16-11-12-26(5)13-14-27(16)19(24-17)15-9-7-6-8-10-15/h6-10,18H,11-14H2,1-5H3,(H,23,29)(H,25,28). The zero-order valence-corrected chi connectivity index (χ0v) is 18.0. The summed E-state index contributed by atoms with van der Waals surface area (Å²) in [5, 5.41) is 5.58. The highest BCUT2D eigenvalue weighted by molar-refractivity contribution is 5.97. The second-order valence-electron chi connectivity index (χ2n) is 8.69. The number of hydrogen-bond donors (Lipinski definition) is 2. The van der Waals surface area contributed by atoms with Gasteiger partial charge in [-0.3, -0.25) is 9.59 Å². The predicted molar refractivity (Wildman–Crippen MR) is 114 cm³/mol. The molecule has 1 aromatic carbocycles. The number of rotatable bonds is 4. The second-order valence-corrected chi connectivity index (χ2v) is 8.69. The summed E-state index contributed by atoms with van der Waals surface area (Å²) >= 11 is 0. The molecule has 0 saturated heterocycles. The van der Waals surface area contributed by atoms with Gasteiger partial charge in [-0.05, 0) is 12.5 Å². The lowest BCUT2D eigenvalue weighted by atomic mass is 9.86. The van der Waals surface area contributed by atoms with Gasteiger partial charge in [0.15, 0.2) is 0 Å². The lowest BCUT2D eigenvalue weighted by Gasteiger charge is -2.29. The van der Waals surface area contributed by atoms with Crippen molar-refractivity contribution in [1.82, 2.24) is 25.1 Å². The summed E-state index contributed by atoms with van der Waals surface area (Å²) in [5.41, 5.74) is 1.90. The van der Waals surface area contributed by atoms with Crippen LogP contribution in [0.5, 0.6) is 0 Å². The highest BCUT2D eigenvalue weighted by Gasteiger charge is 2.34. The number of carbonyl (C=O) groups excluding carboxylic acids is 2. The number of nitrogens with one attached hydrogen (secondary N) is 2. The Morgan fingerprint density at radius 3 is 2.41 bits per heavy atom. The lowest BCUT2D eigenvalue weighted by molar-refractivity contribution is -0.124. The van der Waals surface area contributed by atoms with Gasteiger partial charge in [0.05, 0.1) is 5.69 Å². The van der Waals surface area contributed by atoms with Gasteiger partial charge in [0.2, 0.25) is 5.91 Å². The van der Waals surface area contributed by atoms with Crippen molar-refractivity contribution in [3.05, 3.63) is 41.7 Å². The molecule has 0 fully saturated rings. The molecule has 2 heterocycles. The third kappa shape index (κ3) is 4.50. The third-order valence-electron chi connectivity index (χ3n) is 5.41. The fourth-order valence-corrected chi connectivity index (χ4v) is 3.67. The third-order valence-corrected chi connectivity index (χ3v) is 5.41. The first-order chi connectivity index (χ1) is 13.7. The smallest absolute Gasteiger partial charge is 0.272 e. The summed E-state index contributed by atoms with van der Waals surface area (Å²) in [6.45, 7) is 8.33. The molecule has 2 amide bonds. The van der Waals surface area contributed by atoms with Crippen LogP contribution < -0.4 is 10.6 Å². The van der Waals surface area contributed by atoms with Crippen molar-refractivity contribution >= 4 is 11.8 Å². The maximum absolute atomic E-state index is 13.3. The van der Waals surface area contributed by atoms with Gasteiger partial charge in [0.25, 0.3) is 5.91 Å². The molecule has 1 aromatic heterocycles. The molecular formula is C22H31N5O2. The van der Waals surface area contributed by atoms with Crippen molar-refractivity contribution in [2.24, 2.45) is 5.41 Å². The van der Waals surface area contributed by atoms with Crippen molar-refractivity contribution in [2.45, 2.75) is 39.8 Å². The molecule has 7 heteroatoms. The van der Waals surface area contributed by atoms with Crippen molar-refractivity contribution in [2.75, 3.05) is 27.2 Å². The second kappa shape index (κ2) is 8.37. The summed E-state index contributed by atoms with van der Waals surface area (Å²) in [5.74, 6) is 0.288. The highest BCUT2D eigenvalue weighted by atomic mass is 16.2. The molecule has 0 saturated carbocycles. The van der Waals surface area contributed by atoms with Crippen LogP contribution in [0.25, 0.3) is 11.4 Å². The van der Waals surface area contributed by atoms with Crippen LogP contribution in [0.1, 0.15) is 37.0 Å². The number of likely N-dealkylation sites (N-methyl/N-ethyl adjacent to an activating group) is 2. The Morgan fingerprint density at radius 1 is 1.10 bits per heavy atom. The maximum Gasteiger partial charge on any atom is 0.272 e. The van der Waals surface area contributed by atoms with Crippen LogP contribution in [-0.2, 0) is 17.8 Å². The van der Waals surface area contributed by atoms with Gasteiger partial charge in [-0.1, -0.05) is 51.1 Å². The van der Waals surface area contributed by atoms with Crippen molar-refractivity contribution in [1.29, 1.82) is 0 Å². The molecule has 0 bridgehead atoms. The van der Waals surface area contributed by atoms with Gasteiger partial charge >= 0.3 is 0 Å². The first-order valence-electron chi connectivity index (χ1n) is 10.1. The van der Waals surface area contributed by atoms with Crippen LogP contribution in [0.4, 0.5) is 0 Å². The van der Waals surface area contributed by atoms with E-state index in [4.69, 9.17) is 4.98 Å². The summed E-state index contributed by atoms with van der Waals surface area (Å²) in [6.07, 6.45) is 0.735. The van der Waals surface area contributed by atoms with E-state index in [1.807, 2.05) is 51.1 Å². The van der Waals surface area contributed by atoms with Crippen LogP contribution in [0.2, 0.25) is 0 Å². The largest absolute Gasteiger partial charge is 0.357 e. The van der Waals surface area contributed by atoms with E-state index in [1.165, 1.54) is 0 Å². The van der Waals surface area contributed by atoms with Crippen molar-refractivity contribution in [3.63, 3.8) is 0 Å². The number of imidazole rings is 1. The molecule has 1 atom stereocenters. The van der Waals surface area contributed by atoms with Crippen LogP contribution in [0.3, 0.4) is 0 Å². The zero-order chi connectivity index (χ0) is 21.2. The van der Waals surface area contributed by atoms with Crippen LogP contribution in [0.15, 0.2) is 30.3 Å². The number of nitrogens with zero attached hydrogens (tertiary/aromatic N) is 3. The van der Waals surface area contributed by atoms with Crippen molar-refractivity contribution in [3.8, 4) is 11.4 Å². The SMILES string of the molecule is CNC(=O)C(NC(=O)c1nc(-c2ccccc2)n2c1CCN(C)CC2)C(C)(C)C. The molecule has 156 valence electrons. The molecule has 7 nitrogen and oxygen atoms in total. The van der Waals surface area contributed by atoms with E-state index in [9.17, 15) is 9.59 Å². The average Bonchev–Trinajstić information content (AvgIpc) is 2.95. The van der Waals surface area contributed by atoms with Crippen LogP contribution >= 0.6 is 0 Å². The topological polar surface area (TPSA) is 79.3 Å². The minimum Gasteiger partial charge on any atom is -0.357 e. The molecule has 1 unspecified atom stereocenters. The fraction of sp³-hybridized carbons (Fsp3) is 0.500. The van der Waals surface area contributed by atoms with E-state index < -0.39 is 11.5 Å². The maximum atomic E-state index is 13.3. The Bertz CT molecular complexity index is 883. The number of hydrogen-bond acceptors (Lipinski definition) is 4. The first-order valence-corrected chi connectivity index (χ1v) is 10.1. The Balaban J connectivity index is 2.01. The van der Waals surface area contributed by atoms with E-state index in [0.717, 1.165) is 43.1 Å². The number of benzene rings is 1. The molecule has 0 aliphatic carbocycles. The van der Waals surface area contributed by atoms with Gasteiger partial charge in [-0.2, -0.15) is 0 Å². The van der Waals surface area contributed by atoms with Gasteiger partial charge < -0.3 is 20.1 Å². The van der Waals surface area contributed by atoms with Crippen LogP contribution in [0, 0.1) is 5.41 Å². The van der Waals surface area contributed by atoms with E-state index in [1.54, 1.807) is 7.05 Å². The number of fused-ring (bicyclic) bond motifs is 1. The van der Waals surface area contributed by atoms with Crippen molar-refractivity contribution < 1.29 is 9.59 Å². The number of carbonyl (C=O) groups is 2. The van der Waals surface area contributed by atoms with Gasteiger partial charge in [0.1, 0.15) is 17.6 Å². The summed E-state index contributed by atoms with van der Waals surface area (Å²) < 4.78 is 2.15. The Kier molecular flexibility index (Phi) is 6.07. The summed E-state index contributed by atoms with van der Waals surface area (Å²) in [6, 6.07) is 9.28. The monoisotopic (exact) mass is 397 g/mol. The Morgan fingerprint density at radius 2 is 1.79 bits per heavy atom. The van der Waals surface area contributed by atoms with E-state index >= 15 is 0 Å². The molecule has 1 aliphatic rings. The molecule has 2 N–H and O–H groups in total. The first kappa shape index (κ1) is 21.0. The molecule has 1 aliphatic heterocycles. The highest BCUT2D eigenvalue weighted by Crippen LogP contribution is 2.26. The quantitative estimate of drug-likeness (QED) is 0.826. The normalized spacial score (nSPS) is 15.9. The lowest BCUT2D eigenvalue weighted by Crippen LogP contribution is -2.53. The van der Waals surface area contributed by atoms with E-state index in [2.05, 4.69) is 27.1 Å². The summed E-state index contributed by atoms with van der Waals surface area (Å²) in [7, 11) is 3.67. The predicted octanol–water partition coefficient (Wildman–Crippen LogP) is 1.93. The molecule has 0 spiro atoms. The molecule has 29 heavy (non-hydrogen) atoms. The van der Waals surface area contributed by atoms with E-state index in [0.29, 0.717) is 5.69 Å². The minimum absolute atomic E-state index is 0.209. The Hall–Kier alpha value is -2.67. The van der Waals surface area contributed by atoms with Gasteiger partial charge in [-0.25, -0.2) is 4.98 Å². The Labute approximate surface area is 172 Å². The van der Waals surface area contributed by atoms with E-state index in [-0.39, 0.29) is 11.8 Å². The van der Waals surface area contributed by atoms with Crippen LogP contribution in [-0.4, -0.2) is 59.5 Å². The molecular weight excluding hydrogens is 366 g/mol. The molecule has 3 rings (SSSR count). The van der Waals surface area contributed by atoms with Gasteiger partial charge in [0, 0.05) is 38.7 Å². The zero-order valence-electron chi connectivity index (χ0n) is 18.0.